The summed E-state index contributed by atoms with van der Waals surface area (Å²) in [6.07, 6.45) is 5.45. The standard InChI is InChI=1S/C19H28N6O/c1-4-26-12-18-23-17-6-8-25(11-15-10-20-13-22-15)7-5-16(17)19(24-18)21-9-14(2)3/h10,13H,2,4-9,11-12H2,1,3H3,(H,20,22)(H,21,23,24). The fraction of sp³-hybridized carbons (Fsp3) is 0.526. The number of imidazole rings is 1. The fourth-order valence-corrected chi connectivity index (χ4v) is 3.11. The Morgan fingerprint density at radius 1 is 1.35 bits per heavy atom. The van der Waals surface area contributed by atoms with Crippen LogP contribution in [0.3, 0.4) is 0 Å². The zero-order chi connectivity index (χ0) is 18.4. The summed E-state index contributed by atoms with van der Waals surface area (Å²) in [7, 11) is 0. The highest BCUT2D eigenvalue weighted by molar-refractivity contribution is 5.48. The zero-order valence-electron chi connectivity index (χ0n) is 15.7. The van der Waals surface area contributed by atoms with Gasteiger partial charge < -0.3 is 15.0 Å². The van der Waals surface area contributed by atoms with Crippen molar-refractivity contribution in [2.24, 2.45) is 0 Å². The first kappa shape index (κ1) is 18.5. The summed E-state index contributed by atoms with van der Waals surface area (Å²) in [5.41, 5.74) is 4.57. The average molecular weight is 356 g/mol. The van der Waals surface area contributed by atoms with Crippen LogP contribution in [-0.4, -0.2) is 51.1 Å². The molecule has 3 heterocycles. The molecule has 0 bridgehead atoms. The number of aromatic nitrogens is 4. The van der Waals surface area contributed by atoms with Crippen LogP contribution in [0.1, 0.15) is 36.6 Å². The zero-order valence-corrected chi connectivity index (χ0v) is 15.7. The van der Waals surface area contributed by atoms with Crippen molar-refractivity contribution < 1.29 is 4.74 Å². The first-order chi connectivity index (χ1) is 12.7. The van der Waals surface area contributed by atoms with Gasteiger partial charge in [0.1, 0.15) is 12.4 Å². The van der Waals surface area contributed by atoms with E-state index in [-0.39, 0.29) is 0 Å². The Balaban J connectivity index is 1.78. The number of rotatable bonds is 8. The number of nitrogens with zero attached hydrogens (tertiary/aromatic N) is 4. The normalized spacial score (nSPS) is 14.7. The molecule has 7 heteroatoms. The SMILES string of the molecule is C=C(C)CNc1nc(COCC)nc2c1CCN(Cc1cnc[nH]1)CC2. The lowest BCUT2D eigenvalue weighted by Crippen LogP contribution is -2.26. The molecular formula is C19H28N6O. The Kier molecular flexibility index (Phi) is 6.35. The monoisotopic (exact) mass is 356 g/mol. The number of nitrogens with one attached hydrogen (secondary N) is 2. The molecule has 2 aromatic rings. The second-order valence-corrected chi connectivity index (χ2v) is 6.71. The molecule has 0 spiro atoms. The van der Waals surface area contributed by atoms with Gasteiger partial charge in [-0.05, 0) is 20.3 Å². The predicted molar refractivity (Wildman–Crippen MR) is 102 cm³/mol. The van der Waals surface area contributed by atoms with Crippen LogP contribution in [0.2, 0.25) is 0 Å². The highest BCUT2D eigenvalue weighted by atomic mass is 16.5. The van der Waals surface area contributed by atoms with Crippen molar-refractivity contribution in [2.45, 2.75) is 39.8 Å². The molecule has 0 radical (unpaired) electrons. The molecule has 26 heavy (non-hydrogen) atoms. The number of fused-ring (bicyclic) bond motifs is 1. The van der Waals surface area contributed by atoms with E-state index in [1.54, 1.807) is 6.33 Å². The van der Waals surface area contributed by atoms with E-state index in [4.69, 9.17) is 14.7 Å². The maximum absolute atomic E-state index is 5.52. The summed E-state index contributed by atoms with van der Waals surface area (Å²) in [6, 6.07) is 0. The second kappa shape index (κ2) is 8.91. The molecule has 2 aromatic heterocycles. The number of H-pyrrole nitrogens is 1. The first-order valence-electron chi connectivity index (χ1n) is 9.20. The van der Waals surface area contributed by atoms with E-state index in [0.29, 0.717) is 13.2 Å². The topological polar surface area (TPSA) is 79.0 Å². The summed E-state index contributed by atoms with van der Waals surface area (Å²) >= 11 is 0. The third-order valence-corrected chi connectivity index (χ3v) is 4.42. The number of aromatic amines is 1. The highest BCUT2D eigenvalue weighted by Gasteiger charge is 2.20. The van der Waals surface area contributed by atoms with Gasteiger partial charge >= 0.3 is 0 Å². The lowest BCUT2D eigenvalue weighted by Gasteiger charge is -2.18. The number of hydrogen-bond donors (Lipinski definition) is 2. The number of anilines is 1. The van der Waals surface area contributed by atoms with Crippen molar-refractivity contribution in [2.75, 3.05) is 31.6 Å². The molecule has 0 aliphatic carbocycles. The summed E-state index contributed by atoms with van der Waals surface area (Å²) in [5, 5.41) is 3.44. The summed E-state index contributed by atoms with van der Waals surface area (Å²) in [5.74, 6) is 1.67. The Hall–Kier alpha value is -2.25. The van der Waals surface area contributed by atoms with Crippen LogP contribution in [0.15, 0.2) is 24.7 Å². The molecule has 0 atom stereocenters. The summed E-state index contributed by atoms with van der Waals surface area (Å²) in [4.78, 5) is 19.2. The van der Waals surface area contributed by atoms with E-state index < -0.39 is 0 Å². The van der Waals surface area contributed by atoms with Gasteiger partial charge in [-0.25, -0.2) is 15.0 Å². The average Bonchev–Trinajstić information content (AvgIpc) is 3.05. The first-order valence-corrected chi connectivity index (χ1v) is 9.20. The Morgan fingerprint density at radius 3 is 2.92 bits per heavy atom. The Morgan fingerprint density at radius 2 is 2.19 bits per heavy atom. The molecule has 3 rings (SSSR count). The molecule has 140 valence electrons. The van der Waals surface area contributed by atoms with Gasteiger partial charge in [0.05, 0.1) is 12.0 Å². The van der Waals surface area contributed by atoms with Crippen molar-refractivity contribution in [1.82, 2.24) is 24.8 Å². The van der Waals surface area contributed by atoms with Crippen molar-refractivity contribution in [3.8, 4) is 0 Å². The van der Waals surface area contributed by atoms with Gasteiger partial charge in [-0.1, -0.05) is 12.2 Å². The smallest absolute Gasteiger partial charge is 0.156 e. The molecule has 1 aliphatic heterocycles. The minimum atomic E-state index is 0.448. The molecule has 2 N–H and O–H groups in total. The van der Waals surface area contributed by atoms with Crippen LogP contribution in [-0.2, 0) is 30.7 Å². The van der Waals surface area contributed by atoms with Gasteiger partial charge in [-0.2, -0.15) is 0 Å². The molecule has 0 fully saturated rings. The van der Waals surface area contributed by atoms with Crippen LogP contribution >= 0.6 is 0 Å². The quantitative estimate of drug-likeness (QED) is 0.707. The van der Waals surface area contributed by atoms with E-state index in [9.17, 15) is 0 Å². The molecular weight excluding hydrogens is 328 g/mol. The van der Waals surface area contributed by atoms with Gasteiger partial charge in [0.2, 0.25) is 0 Å². The van der Waals surface area contributed by atoms with Crippen LogP contribution in [0.4, 0.5) is 5.82 Å². The predicted octanol–water partition coefficient (Wildman–Crippen LogP) is 2.33. The number of hydrogen-bond acceptors (Lipinski definition) is 6. The maximum atomic E-state index is 5.52. The van der Waals surface area contributed by atoms with E-state index >= 15 is 0 Å². The Labute approximate surface area is 154 Å². The molecule has 1 aliphatic rings. The van der Waals surface area contributed by atoms with Crippen LogP contribution in [0, 0.1) is 0 Å². The van der Waals surface area contributed by atoms with E-state index in [0.717, 1.165) is 67.6 Å². The fourth-order valence-electron chi connectivity index (χ4n) is 3.11. The molecule has 0 aromatic carbocycles. The molecule has 0 saturated carbocycles. The molecule has 0 unspecified atom stereocenters. The van der Waals surface area contributed by atoms with Gasteiger partial charge in [0.25, 0.3) is 0 Å². The maximum Gasteiger partial charge on any atom is 0.156 e. The summed E-state index contributed by atoms with van der Waals surface area (Å²) < 4.78 is 5.52. The molecule has 7 nitrogen and oxygen atoms in total. The highest BCUT2D eigenvalue weighted by Crippen LogP contribution is 2.23. The summed E-state index contributed by atoms with van der Waals surface area (Å²) in [6.45, 7) is 12.6. The number of ether oxygens (including phenoxy) is 1. The molecule has 0 saturated heterocycles. The van der Waals surface area contributed by atoms with Crippen molar-refractivity contribution in [1.29, 1.82) is 0 Å². The van der Waals surface area contributed by atoms with Crippen LogP contribution in [0.25, 0.3) is 0 Å². The van der Waals surface area contributed by atoms with E-state index in [2.05, 4.69) is 26.8 Å². The van der Waals surface area contributed by atoms with Crippen molar-refractivity contribution in [3.05, 3.63) is 47.5 Å². The minimum Gasteiger partial charge on any atom is -0.374 e. The van der Waals surface area contributed by atoms with Crippen LogP contribution in [0.5, 0.6) is 0 Å². The third-order valence-electron chi connectivity index (χ3n) is 4.42. The lowest BCUT2D eigenvalue weighted by molar-refractivity contribution is 0.128. The van der Waals surface area contributed by atoms with Crippen molar-refractivity contribution in [3.63, 3.8) is 0 Å². The lowest BCUT2D eigenvalue weighted by atomic mass is 10.1. The van der Waals surface area contributed by atoms with Gasteiger partial charge in [0, 0.05) is 56.7 Å². The van der Waals surface area contributed by atoms with Gasteiger partial charge in [0.15, 0.2) is 5.82 Å². The third kappa shape index (κ3) is 4.89. The van der Waals surface area contributed by atoms with Gasteiger partial charge in [-0.15, -0.1) is 0 Å². The Bertz CT molecular complexity index is 728. The minimum absolute atomic E-state index is 0.448. The van der Waals surface area contributed by atoms with Crippen LogP contribution < -0.4 is 5.32 Å². The van der Waals surface area contributed by atoms with E-state index in [1.807, 2.05) is 20.0 Å². The largest absolute Gasteiger partial charge is 0.374 e. The van der Waals surface area contributed by atoms with Gasteiger partial charge in [-0.3, -0.25) is 4.90 Å². The van der Waals surface area contributed by atoms with Crippen molar-refractivity contribution >= 4 is 5.82 Å². The molecule has 0 amide bonds. The second-order valence-electron chi connectivity index (χ2n) is 6.71. The van der Waals surface area contributed by atoms with E-state index in [1.165, 1.54) is 5.56 Å².